The van der Waals surface area contributed by atoms with Crippen LogP contribution in [0.15, 0.2) is 72.8 Å². The van der Waals surface area contributed by atoms with Gasteiger partial charge in [0.15, 0.2) is 0 Å². The molecule has 45 heavy (non-hydrogen) atoms. The number of rotatable bonds is 8. The van der Waals surface area contributed by atoms with E-state index >= 15 is 0 Å². The molecule has 1 aliphatic heterocycles. The number of likely N-dealkylation sites (N-methyl/N-ethyl adjacent to an activating group) is 1. The van der Waals surface area contributed by atoms with Gasteiger partial charge in [-0.1, -0.05) is 68.4 Å². The van der Waals surface area contributed by atoms with E-state index in [1.807, 2.05) is 55.5 Å². The Balaban J connectivity index is 1.51. The third kappa shape index (κ3) is 9.31. The molecule has 0 fully saturated rings. The maximum Gasteiger partial charge on any atom is 0.255 e. The Morgan fingerprint density at radius 3 is 2.51 bits per heavy atom. The zero-order chi connectivity index (χ0) is 32.3. The van der Waals surface area contributed by atoms with Crippen LogP contribution in [0.4, 0.5) is 0 Å². The topological polar surface area (TPSA) is 126 Å². The monoisotopic (exact) mass is 614 g/mol. The predicted molar refractivity (Wildman–Crippen MR) is 171 cm³/mol. The molecular formula is C35H42N4O6. The molecular weight excluding hydrogens is 572 g/mol. The van der Waals surface area contributed by atoms with Crippen LogP contribution in [0, 0.1) is 6.92 Å². The summed E-state index contributed by atoms with van der Waals surface area (Å²) < 4.78 is 11.9. The first-order chi connectivity index (χ1) is 21.6. The first kappa shape index (κ1) is 33.0. The fourth-order valence-electron chi connectivity index (χ4n) is 5.08. The average molecular weight is 615 g/mol. The van der Waals surface area contributed by atoms with Gasteiger partial charge in [0.25, 0.3) is 5.91 Å². The SMILES string of the molecule is Cc1ccc(C(C)C)c(OCCNC(=O)[C@@H]2CC(=O)N[C@@H](Cc3ccccc3)C(=O)N(C)CCOc3ccccc3C(=O)N2)c1. The number of para-hydroxylation sites is 1. The van der Waals surface area contributed by atoms with Crippen LogP contribution in [-0.4, -0.2) is 74.0 Å². The van der Waals surface area contributed by atoms with Gasteiger partial charge >= 0.3 is 0 Å². The van der Waals surface area contributed by atoms with Crippen molar-refractivity contribution in [1.82, 2.24) is 20.9 Å². The molecule has 10 heteroatoms. The maximum atomic E-state index is 13.4. The van der Waals surface area contributed by atoms with Crippen molar-refractivity contribution in [3.63, 3.8) is 0 Å². The fraction of sp³-hybridized carbons (Fsp3) is 0.371. The zero-order valence-corrected chi connectivity index (χ0v) is 26.3. The molecule has 3 aromatic rings. The summed E-state index contributed by atoms with van der Waals surface area (Å²) in [4.78, 5) is 55.1. The predicted octanol–water partition coefficient (Wildman–Crippen LogP) is 3.38. The van der Waals surface area contributed by atoms with E-state index in [-0.39, 0.29) is 56.5 Å². The molecule has 0 unspecified atom stereocenters. The molecule has 0 aromatic heterocycles. The van der Waals surface area contributed by atoms with E-state index in [4.69, 9.17) is 9.47 Å². The molecule has 10 nitrogen and oxygen atoms in total. The molecule has 0 bridgehead atoms. The molecule has 0 saturated carbocycles. The van der Waals surface area contributed by atoms with Crippen LogP contribution >= 0.6 is 0 Å². The van der Waals surface area contributed by atoms with Crippen molar-refractivity contribution in [3.8, 4) is 11.5 Å². The zero-order valence-electron chi connectivity index (χ0n) is 26.3. The molecule has 0 aliphatic carbocycles. The summed E-state index contributed by atoms with van der Waals surface area (Å²) in [5.41, 5.74) is 3.21. The lowest BCUT2D eigenvalue weighted by Gasteiger charge is -2.27. The van der Waals surface area contributed by atoms with Gasteiger partial charge in [-0.25, -0.2) is 0 Å². The molecule has 0 spiro atoms. The van der Waals surface area contributed by atoms with Crippen LogP contribution in [0.1, 0.15) is 53.2 Å². The van der Waals surface area contributed by atoms with Gasteiger partial charge in [-0.3, -0.25) is 19.2 Å². The second-order valence-corrected chi connectivity index (χ2v) is 11.5. The van der Waals surface area contributed by atoms with E-state index in [1.165, 1.54) is 4.90 Å². The smallest absolute Gasteiger partial charge is 0.255 e. The molecule has 0 saturated heterocycles. The summed E-state index contributed by atoms with van der Waals surface area (Å²) >= 11 is 0. The minimum Gasteiger partial charge on any atom is -0.491 e. The van der Waals surface area contributed by atoms with Crippen molar-refractivity contribution in [3.05, 3.63) is 95.1 Å². The van der Waals surface area contributed by atoms with Gasteiger partial charge in [-0.05, 0) is 47.7 Å². The van der Waals surface area contributed by atoms with E-state index in [1.54, 1.807) is 31.3 Å². The third-order valence-corrected chi connectivity index (χ3v) is 7.57. The van der Waals surface area contributed by atoms with E-state index in [9.17, 15) is 19.2 Å². The Morgan fingerprint density at radius 2 is 1.76 bits per heavy atom. The molecule has 1 heterocycles. The molecule has 4 rings (SSSR count). The lowest BCUT2D eigenvalue weighted by Crippen LogP contribution is -2.53. The highest BCUT2D eigenvalue weighted by molar-refractivity contribution is 6.01. The quantitative estimate of drug-likeness (QED) is 0.334. The van der Waals surface area contributed by atoms with E-state index in [0.29, 0.717) is 5.75 Å². The molecule has 3 N–H and O–H groups in total. The van der Waals surface area contributed by atoms with Crippen LogP contribution in [0.3, 0.4) is 0 Å². The molecule has 1 aliphatic rings. The summed E-state index contributed by atoms with van der Waals surface area (Å²) in [6, 6.07) is 19.9. The normalized spacial score (nSPS) is 17.8. The summed E-state index contributed by atoms with van der Waals surface area (Å²) in [6.07, 6.45) is -0.115. The van der Waals surface area contributed by atoms with Crippen LogP contribution in [0.25, 0.3) is 0 Å². The van der Waals surface area contributed by atoms with Crippen molar-refractivity contribution < 1.29 is 28.7 Å². The van der Waals surface area contributed by atoms with Crippen molar-refractivity contribution in [1.29, 1.82) is 0 Å². The van der Waals surface area contributed by atoms with Crippen LogP contribution < -0.4 is 25.4 Å². The minimum atomic E-state index is -1.22. The van der Waals surface area contributed by atoms with Crippen molar-refractivity contribution in [2.24, 2.45) is 0 Å². The highest BCUT2D eigenvalue weighted by Crippen LogP contribution is 2.27. The lowest BCUT2D eigenvalue weighted by atomic mass is 10.0. The molecule has 3 aromatic carbocycles. The number of hydrogen-bond donors (Lipinski definition) is 3. The molecule has 0 radical (unpaired) electrons. The van der Waals surface area contributed by atoms with E-state index in [0.717, 1.165) is 22.4 Å². The Morgan fingerprint density at radius 1 is 1.02 bits per heavy atom. The van der Waals surface area contributed by atoms with Crippen molar-refractivity contribution in [2.75, 3.05) is 33.4 Å². The number of aryl methyl sites for hydroxylation is 1. The number of hydrogen-bond acceptors (Lipinski definition) is 6. The highest BCUT2D eigenvalue weighted by atomic mass is 16.5. The van der Waals surface area contributed by atoms with Crippen LogP contribution in [0.2, 0.25) is 0 Å². The Bertz CT molecular complexity index is 1490. The number of benzene rings is 3. The Hall–Kier alpha value is -4.86. The van der Waals surface area contributed by atoms with Crippen molar-refractivity contribution >= 4 is 23.6 Å². The summed E-state index contributed by atoms with van der Waals surface area (Å²) in [7, 11) is 1.64. The third-order valence-electron chi connectivity index (χ3n) is 7.57. The van der Waals surface area contributed by atoms with Gasteiger partial charge in [0, 0.05) is 13.5 Å². The largest absolute Gasteiger partial charge is 0.491 e. The minimum absolute atomic E-state index is 0.127. The standard InChI is InChI=1S/C35H42N4O6/c1-23(2)26-15-14-24(3)20-31(26)44-18-16-36-34(42)28-22-32(40)37-29(21-25-10-6-5-7-11-25)35(43)39(4)17-19-45-30-13-9-8-12-27(30)33(41)38-28/h5-15,20,23,28-29H,16-19,21-22H2,1-4H3,(H,36,42)(H,37,40)(H,38,41)/t28-,29-/m0/s1. The number of amides is 4. The number of fused-ring (bicyclic) bond motifs is 1. The van der Waals surface area contributed by atoms with Gasteiger partial charge < -0.3 is 30.3 Å². The van der Waals surface area contributed by atoms with Gasteiger partial charge in [0.05, 0.1) is 25.1 Å². The van der Waals surface area contributed by atoms with Gasteiger partial charge in [-0.2, -0.15) is 0 Å². The summed E-state index contributed by atoms with van der Waals surface area (Å²) in [5, 5.41) is 8.29. The van der Waals surface area contributed by atoms with Gasteiger partial charge in [-0.15, -0.1) is 0 Å². The maximum absolute atomic E-state index is 13.4. The second kappa shape index (κ2) is 15.7. The number of nitrogens with one attached hydrogen (secondary N) is 3. The Kier molecular flexibility index (Phi) is 11.6. The number of carbonyl (C=O) groups is 4. The van der Waals surface area contributed by atoms with E-state index in [2.05, 4.69) is 29.8 Å². The van der Waals surface area contributed by atoms with E-state index < -0.39 is 29.8 Å². The lowest BCUT2D eigenvalue weighted by molar-refractivity contribution is -0.136. The molecule has 2 atom stereocenters. The van der Waals surface area contributed by atoms with Gasteiger partial charge in [0.1, 0.15) is 36.8 Å². The second-order valence-electron chi connectivity index (χ2n) is 11.5. The number of ether oxygens (including phenoxy) is 2. The molecule has 238 valence electrons. The van der Waals surface area contributed by atoms with Crippen LogP contribution in [0.5, 0.6) is 11.5 Å². The summed E-state index contributed by atoms with van der Waals surface area (Å²) in [5.74, 6) is -0.622. The van der Waals surface area contributed by atoms with Gasteiger partial charge in [0.2, 0.25) is 17.7 Å². The first-order valence-corrected chi connectivity index (χ1v) is 15.2. The average Bonchev–Trinajstić information content (AvgIpc) is 3.02. The van der Waals surface area contributed by atoms with Crippen LogP contribution in [-0.2, 0) is 20.8 Å². The highest BCUT2D eigenvalue weighted by Gasteiger charge is 2.30. The fourth-order valence-corrected chi connectivity index (χ4v) is 5.08. The summed E-state index contributed by atoms with van der Waals surface area (Å²) in [6.45, 7) is 6.86. The first-order valence-electron chi connectivity index (χ1n) is 15.2. The Labute approximate surface area is 264 Å². The van der Waals surface area contributed by atoms with Crippen molar-refractivity contribution in [2.45, 2.75) is 51.6 Å². The number of nitrogens with zero attached hydrogens (tertiary/aromatic N) is 1. The number of carbonyl (C=O) groups excluding carboxylic acids is 4. The molecule has 4 amide bonds.